The molecule has 0 aromatic carbocycles. The van der Waals surface area contributed by atoms with Crippen LogP contribution in [0.4, 0.5) is 0 Å². The monoisotopic (exact) mass is 669 g/mol. The van der Waals surface area contributed by atoms with Gasteiger partial charge < -0.3 is 14.6 Å². The first-order valence-corrected chi connectivity index (χ1v) is 19.5. The molecule has 0 saturated carbocycles. The molecule has 0 spiro atoms. The predicted molar refractivity (Wildman–Crippen MR) is 205 cm³/mol. The molecule has 0 fully saturated rings. The number of carbonyl (C=O) groups is 2. The van der Waals surface area contributed by atoms with Crippen molar-refractivity contribution < 1.29 is 24.2 Å². The molecule has 0 amide bonds. The van der Waals surface area contributed by atoms with Crippen molar-refractivity contribution in [1.82, 2.24) is 0 Å². The highest BCUT2D eigenvalue weighted by molar-refractivity contribution is 5.70. The number of esters is 2. The molecule has 1 N–H and O–H groups in total. The molecule has 0 rings (SSSR count). The Kier molecular flexibility index (Phi) is 36.6. The average molecular weight is 669 g/mol. The van der Waals surface area contributed by atoms with Crippen LogP contribution in [-0.2, 0) is 19.1 Å². The summed E-state index contributed by atoms with van der Waals surface area (Å²) in [4.78, 5) is 24.2. The second kappa shape index (κ2) is 38.8. The number of unbranched alkanes of at least 4 members (excludes halogenated alkanes) is 14. The van der Waals surface area contributed by atoms with E-state index in [0.29, 0.717) is 12.8 Å². The Hall–Kier alpha value is -2.66. The van der Waals surface area contributed by atoms with Gasteiger partial charge in [0.05, 0.1) is 6.61 Å². The predicted octanol–water partition coefficient (Wildman–Crippen LogP) is 12.2. The highest BCUT2D eigenvalue weighted by Gasteiger charge is 2.16. The van der Waals surface area contributed by atoms with Crippen LogP contribution in [0.5, 0.6) is 0 Å². The molecular weight excluding hydrogens is 596 g/mol. The van der Waals surface area contributed by atoms with Crippen molar-refractivity contribution in [3.63, 3.8) is 0 Å². The summed E-state index contributed by atoms with van der Waals surface area (Å²) in [5.74, 6) is -0.644. The molecule has 0 aliphatic heterocycles. The Labute approximate surface area is 295 Å². The molecule has 48 heavy (non-hydrogen) atoms. The van der Waals surface area contributed by atoms with Gasteiger partial charge in [-0.3, -0.25) is 9.59 Å². The summed E-state index contributed by atoms with van der Waals surface area (Å²) in [5.41, 5.74) is 0. The van der Waals surface area contributed by atoms with Gasteiger partial charge in [0.2, 0.25) is 0 Å². The Balaban J connectivity index is 3.67. The summed E-state index contributed by atoms with van der Waals surface area (Å²) in [6.07, 6.45) is 51.0. The van der Waals surface area contributed by atoms with Crippen LogP contribution < -0.4 is 0 Å². The number of aliphatic hydroxyl groups excluding tert-OH is 1. The van der Waals surface area contributed by atoms with Crippen molar-refractivity contribution in [1.29, 1.82) is 0 Å². The number of hydrogen-bond acceptors (Lipinski definition) is 5. The lowest BCUT2D eigenvalue weighted by Crippen LogP contribution is -2.28. The smallest absolute Gasteiger partial charge is 0.306 e. The second-order valence-corrected chi connectivity index (χ2v) is 12.6. The van der Waals surface area contributed by atoms with E-state index in [4.69, 9.17) is 9.47 Å². The molecule has 0 aromatic rings. The van der Waals surface area contributed by atoms with Crippen LogP contribution in [0.1, 0.15) is 168 Å². The molecule has 0 radical (unpaired) electrons. The molecule has 0 aromatic heterocycles. The van der Waals surface area contributed by atoms with E-state index in [1.807, 2.05) is 0 Å². The van der Waals surface area contributed by atoms with Crippen LogP contribution in [0.3, 0.4) is 0 Å². The molecule has 0 bridgehead atoms. The SMILES string of the molecule is CCC=CCC=CCC=CCC=CCC=CCCCCCC(=O)O[C@@H](CO)COC(=O)CCCCCCCC=CCCCCCCCC. The first-order chi connectivity index (χ1) is 23.6. The van der Waals surface area contributed by atoms with Crippen LogP contribution in [0.15, 0.2) is 72.9 Å². The van der Waals surface area contributed by atoms with E-state index in [0.717, 1.165) is 83.5 Å². The maximum atomic E-state index is 12.2. The van der Waals surface area contributed by atoms with Gasteiger partial charge in [-0.1, -0.05) is 145 Å². The zero-order valence-corrected chi connectivity index (χ0v) is 31.0. The lowest BCUT2D eigenvalue weighted by molar-refractivity contribution is -0.161. The third kappa shape index (κ3) is 36.2. The number of aliphatic hydroxyl groups is 1. The molecule has 0 saturated heterocycles. The lowest BCUT2D eigenvalue weighted by atomic mass is 10.1. The molecule has 1 atom stereocenters. The number of allylic oxidation sites excluding steroid dienone is 12. The van der Waals surface area contributed by atoms with Crippen molar-refractivity contribution in [3.05, 3.63) is 72.9 Å². The fourth-order valence-corrected chi connectivity index (χ4v) is 5.04. The van der Waals surface area contributed by atoms with E-state index < -0.39 is 6.10 Å². The van der Waals surface area contributed by atoms with E-state index in [-0.39, 0.29) is 25.2 Å². The maximum Gasteiger partial charge on any atom is 0.306 e. The minimum Gasteiger partial charge on any atom is -0.462 e. The summed E-state index contributed by atoms with van der Waals surface area (Å²) < 4.78 is 10.6. The molecule has 0 aliphatic carbocycles. The Morgan fingerprint density at radius 1 is 0.500 bits per heavy atom. The number of ether oxygens (including phenoxy) is 2. The van der Waals surface area contributed by atoms with Crippen LogP contribution >= 0.6 is 0 Å². The largest absolute Gasteiger partial charge is 0.462 e. The van der Waals surface area contributed by atoms with Crippen molar-refractivity contribution in [2.45, 2.75) is 174 Å². The van der Waals surface area contributed by atoms with Crippen LogP contribution in [0.25, 0.3) is 0 Å². The minimum atomic E-state index is -0.795. The normalized spacial score (nSPS) is 13.0. The molecule has 5 heteroatoms. The highest BCUT2D eigenvalue weighted by Crippen LogP contribution is 2.11. The minimum absolute atomic E-state index is 0.0871. The first kappa shape index (κ1) is 45.3. The zero-order chi connectivity index (χ0) is 35.0. The first-order valence-electron chi connectivity index (χ1n) is 19.5. The van der Waals surface area contributed by atoms with E-state index in [1.165, 1.54) is 57.8 Å². The van der Waals surface area contributed by atoms with Crippen LogP contribution in [0.2, 0.25) is 0 Å². The highest BCUT2D eigenvalue weighted by atomic mass is 16.6. The lowest BCUT2D eigenvalue weighted by Gasteiger charge is -2.15. The van der Waals surface area contributed by atoms with E-state index >= 15 is 0 Å². The van der Waals surface area contributed by atoms with Gasteiger partial charge in [-0.15, -0.1) is 0 Å². The molecular formula is C43H72O5. The summed E-state index contributed by atoms with van der Waals surface area (Å²) in [7, 11) is 0. The standard InChI is InChI=1S/C43H72O5/c1-3-5-7-9-11-13-15-17-19-20-21-22-24-26-28-30-32-34-36-38-43(46)48-41(39-44)40-47-42(45)37-35-33-31-29-27-25-23-18-16-14-12-10-8-6-4-2/h5,7,11,13,17-19,21-23,26,28,41,44H,3-4,6,8-10,12,14-16,20,24-25,27,29-40H2,1-2H3/t41-/m0/s1. The Bertz CT molecular complexity index is 895. The van der Waals surface area contributed by atoms with Crippen molar-refractivity contribution in [3.8, 4) is 0 Å². The average Bonchev–Trinajstić information content (AvgIpc) is 3.09. The summed E-state index contributed by atoms with van der Waals surface area (Å²) >= 11 is 0. The van der Waals surface area contributed by atoms with Gasteiger partial charge >= 0.3 is 11.9 Å². The molecule has 0 aliphatic rings. The zero-order valence-electron chi connectivity index (χ0n) is 31.0. The summed E-state index contributed by atoms with van der Waals surface area (Å²) in [5, 5.41) is 9.55. The Morgan fingerprint density at radius 2 is 0.896 bits per heavy atom. The Morgan fingerprint density at radius 3 is 1.40 bits per heavy atom. The number of rotatable bonds is 34. The van der Waals surface area contributed by atoms with E-state index in [2.05, 4.69) is 86.8 Å². The fourth-order valence-electron chi connectivity index (χ4n) is 5.04. The molecule has 274 valence electrons. The second-order valence-electron chi connectivity index (χ2n) is 12.6. The number of carbonyl (C=O) groups excluding carboxylic acids is 2. The molecule has 5 nitrogen and oxygen atoms in total. The van der Waals surface area contributed by atoms with Gasteiger partial charge in [0.1, 0.15) is 6.61 Å². The van der Waals surface area contributed by atoms with E-state index in [1.54, 1.807) is 0 Å². The number of hydrogen-bond donors (Lipinski definition) is 1. The molecule has 0 unspecified atom stereocenters. The van der Waals surface area contributed by atoms with Gasteiger partial charge in [-0.2, -0.15) is 0 Å². The van der Waals surface area contributed by atoms with Crippen molar-refractivity contribution >= 4 is 11.9 Å². The van der Waals surface area contributed by atoms with Crippen LogP contribution in [-0.4, -0.2) is 36.4 Å². The third-order valence-electron chi connectivity index (χ3n) is 7.98. The fraction of sp³-hybridized carbons (Fsp3) is 0.674. The summed E-state index contributed by atoms with van der Waals surface area (Å²) in [6.45, 7) is 3.97. The third-order valence-corrected chi connectivity index (χ3v) is 7.98. The van der Waals surface area contributed by atoms with Crippen molar-refractivity contribution in [2.24, 2.45) is 0 Å². The van der Waals surface area contributed by atoms with Crippen LogP contribution in [0, 0.1) is 0 Å². The maximum absolute atomic E-state index is 12.2. The van der Waals surface area contributed by atoms with Gasteiger partial charge in [0.25, 0.3) is 0 Å². The molecule has 0 heterocycles. The van der Waals surface area contributed by atoms with Gasteiger partial charge in [-0.05, 0) is 83.5 Å². The quantitative estimate of drug-likeness (QED) is 0.0420. The van der Waals surface area contributed by atoms with Gasteiger partial charge in [0, 0.05) is 12.8 Å². The van der Waals surface area contributed by atoms with Gasteiger partial charge in [0.15, 0.2) is 6.10 Å². The van der Waals surface area contributed by atoms with Crippen molar-refractivity contribution in [2.75, 3.05) is 13.2 Å². The van der Waals surface area contributed by atoms with E-state index in [9.17, 15) is 14.7 Å². The summed E-state index contributed by atoms with van der Waals surface area (Å²) in [6, 6.07) is 0. The topological polar surface area (TPSA) is 72.8 Å². The van der Waals surface area contributed by atoms with Gasteiger partial charge in [-0.25, -0.2) is 0 Å².